The van der Waals surface area contributed by atoms with Gasteiger partial charge in [-0.25, -0.2) is 9.97 Å². The number of fused-ring (bicyclic) bond motifs is 1. The van der Waals surface area contributed by atoms with Crippen LogP contribution in [0.1, 0.15) is 25.3 Å². The second kappa shape index (κ2) is 6.18. The number of hydrogen-bond acceptors (Lipinski definition) is 5. The normalized spacial score (nSPS) is 25.2. The first-order chi connectivity index (χ1) is 12.1. The van der Waals surface area contributed by atoms with E-state index in [0.29, 0.717) is 18.7 Å². The van der Waals surface area contributed by atoms with Crippen molar-refractivity contribution in [3.05, 3.63) is 42.6 Å². The van der Waals surface area contributed by atoms with Gasteiger partial charge in [0.05, 0.1) is 4.87 Å². The van der Waals surface area contributed by atoms with Crippen LogP contribution in [0.15, 0.2) is 37.1 Å². The van der Waals surface area contributed by atoms with E-state index in [1.165, 1.54) is 0 Å². The van der Waals surface area contributed by atoms with Crippen LogP contribution in [0.25, 0.3) is 5.82 Å². The molecule has 0 aromatic carbocycles. The van der Waals surface area contributed by atoms with E-state index in [0.717, 1.165) is 17.8 Å². The van der Waals surface area contributed by atoms with E-state index in [1.807, 2.05) is 22.9 Å². The van der Waals surface area contributed by atoms with Gasteiger partial charge in [-0.2, -0.15) is 0 Å². The number of carbonyl (C=O) groups excluding carboxylic acids is 2. The van der Waals surface area contributed by atoms with Gasteiger partial charge in [0.15, 0.2) is 0 Å². The average molecular weight is 357 g/mol. The van der Waals surface area contributed by atoms with Gasteiger partial charge >= 0.3 is 0 Å². The lowest BCUT2D eigenvalue weighted by atomic mass is 10.2. The van der Waals surface area contributed by atoms with Crippen molar-refractivity contribution in [2.75, 3.05) is 5.75 Å². The van der Waals surface area contributed by atoms with Crippen LogP contribution < -0.4 is 5.32 Å². The van der Waals surface area contributed by atoms with E-state index in [9.17, 15) is 9.59 Å². The lowest BCUT2D eigenvalue weighted by molar-refractivity contribution is -0.138. The number of aromatic nitrogens is 3. The van der Waals surface area contributed by atoms with Crippen LogP contribution in [-0.4, -0.2) is 47.9 Å². The maximum Gasteiger partial charge on any atom is 0.243 e. The third kappa shape index (κ3) is 2.90. The highest BCUT2D eigenvalue weighted by Gasteiger charge is 2.52. The fourth-order valence-electron chi connectivity index (χ4n) is 3.39. The molecule has 0 aliphatic carbocycles. The van der Waals surface area contributed by atoms with Crippen LogP contribution in [0.3, 0.4) is 0 Å². The van der Waals surface area contributed by atoms with Crippen molar-refractivity contribution < 1.29 is 9.59 Å². The van der Waals surface area contributed by atoms with Crippen LogP contribution in [0, 0.1) is 0 Å². The zero-order valence-electron chi connectivity index (χ0n) is 13.9. The zero-order valence-corrected chi connectivity index (χ0v) is 14.7. The Balaban J connectivity index is 1.38. The molecule has 2 aromatic heterocycles. The van der Waals surface area contributed by atoms with Crippen molar-refractivity contribution in [2.45, 2.75) is 37.2 Å². The Kier molecular flexibility index (Phi) is 3.99. The van der Waals surface area contributed by atoms with Gasteiger partial charge in [-0.1, -0.05) is 6.07 Å². The highest BCUT2D eigenvalue weighted by atomic mass is 32.2. The molecular weight excluding hydrogens is 338 g/mol. The minimum absolute atomic E-state index is 0.0824. The number of imidazole rings is 1. The molecule has 2 aromatic rings. The second-order valence-electron chi connectivity index (χ2n) is 6.48. The number of hydrogen-bond donors (Lipinski definition) is 1. The quantitative estimate of drug-likeness (QED) is 0.893. The summed E-state index contributed by atoms with van der Waals surface area (Å²) in [4.78, 5) is 34.6. The van der Waals surface area contributed by atoms with Crippen molar-refractivity contribution in [3.63, 3.8) is 0 Å². The first kappa shape index (κ1) is 16.1. The molecule has 2 aliphatic heterocycles. The van der Waals surface area contributed by atoms with E-state index >= 15 is 0 Å². The summed E-state index contributed by atoms with van der Waals surface area (Å²) in [7, 11) is 0. The summed E-state index contributed by atoms with van der Waals surface area (Å²) in [6.07, 6.45) is 8.30. The molecule has 25 heavy (non-hydrogen) atoms. The molecule has 0 saturated carbocycles. The Labute approximate surface area is 149 Å². The Morgan fingerprint density at radius 1 is 1.48 bits per heavy atom. The van der Waals surface area contributed by atoms with Crippen LogP contribution in [0.5, 0.6) is 0 Å². The van der Waals surface area contributed by atoms with Crippen molar-refractivity contribution >= 4 is 23.6 Å². The highest BCUT2D eigenvalue weighted by Crippen LogP contribution is 2.47. The molecule has 4 heterocycles. The number of rotatable bonds is 4. The van der Waals surface area contributed by atoms with Gasteiger partial charge in [0.2, 0.25) is 11.8 Å². The largest absolute Gasteiger partial charge is 0.350 e. The highest BCUT2D eigenvalue weighted by molar-refractivity contribution is 8.01. The standard InChI is InChI=1S/C17H19N5O2S/c1-17-5-4-15(23)22(17)13(10-25-17)16(24)20-9-12-2-3-14(19-8-12)21-7-6-18-11-21/h2-3,6-8,11,13H,4-5,9-10H2,1H3,(H,20,24)/t13-,17-/m0/s1. The summed E-state index contributed by atoms with van der Waals surface area (Å²) < 4.78 is 1.82. The van der Waals surface area contributed by atoms with E-state index in [2.05, 4.69) is 22.2 Å². The predicted octanol–water partition coefficient (Wildman–Crippen LogP) is 1.34. The summed E-state index contributed by atoms with van der Waals surface area (Å²) in [5.74, 6) is 1.42. The van der Waals surface area contributed by atoms with Gasteiger partial charge in [-0.15, -0.1) is 11.8 Å². The first-order valence-electron chi connectivity index (χ1n) is 8.24. The number of amides is 2. The molecular formula is C17H19N5O2S. The summed E-state index contributed by atoms with van der Waals surface area (Å²) in [6, 6.07) is 3.44. The third-order valence-corrected chi connectivity index (χ3v) is 6.30. The molecule has 2 atom stereocenters. The summed E-state index contributed by atoms with van der Waals surface area (Å²) in [6.45, 7) is 2.45. The molecule has 2 amide bonds. The average Bonchev–Trinajstić information content (AvgIpc) is 3.32. The Hall–Kier alpha value is -2.35. The zero-order chi connectivity index (χ0) is 17.4. The molecule has 0 spiro atoms. The van der Waals surface area contributed by atoms with Crippen molar-refractivity contribution in [1.82, 2.24) is 24.8 Å². The number of nitrogens with one attached hydrogen (secondary N) is 1. The maximum atomic E-state index is 12.6. The van der Waals surface area contributed by atoms with Crippen LogP contribution in [-0.2, 0) is 16.1 Å². The molecule has 2 saturated heterocycles. The van der Waals surface area contributed by atoms with E-state index in [-0.39, 0.29) is 22.7 Å². The van der Waals surface area contributed by atoms with Crippen molar-refractivity contribution in [3.8, 4) is 5.82 Å². The number of pyridine rings is 1. The second-order valence-corrected chi connectivity index (χ2v) is 7.98. The predicted molar refractivity (Wildman–Crippen MR) is 93.9 cm³/mol. The lowest BCUT2D eigenvalue weighted by Gasteiger charge is -2.29. The van der Waals surface area contributed by atoms with Crippen LogP contribution in [0.4, 0.5) is 0 Å². The molecule has 0 unspecified atom stereocenters. The van der Waals surface area contributed by atoms with Gasteiger partial charge in [0.25, 0.3) is 0 Å². The summed E-state index contributed by atoms with van der Waals surface area (Å²) >= 11 is 1.70. The van der Waals surface area contributed by atoms with Crippen molar-refractivity contribution in [2.24, 2.45) is 0 Å². The summed E-state index contributed by atoms with van der Waals surface area (Å²) in [5.41, 5.74) is 0.915. The maximum absolute atomic E-state index is 12.6. The number of carbonyl (C=O) groups is 2. The minimum Gasteiger partial charge on any atom is -0.350 e. The van der Waals surface area contributed by atoms with Gasteiger partial charge in [0.1, 0.15) is 18.2 Å². The van der Waals surface area contributed by atoms with Crippen LogP contribution in [0.2, 0.25) is 0 Å². The van der Waals surface area contributed by atoms with Gasteiger partial charge < -0.3 is 10.2 Å². The van der Waals surface area contributed by atoms with E-state index in [4.69, 9.17) is 0 Å². The molecule has 8 heteroatoms. The Morgan fingerprint density at radius 3 is 3.08 bits per heavy atom. The Bertz CT molecular complexity index is 792. The molecule has 0 bridgehead atoms. The lowest BCUT2D eigenvalue weighted by Crippen LogP contribution is -2.49. The molecule has 7 nitrogen and oxygen atoms in total. The molecule has 4 rings (SSSR count). The fraction of sp³-hybridized carbons (Fsp3) is 0.412. The smallest absolute Gasteiger partial charge is 0.243 e. The molecule has 2 aliphatic rings. The Morgan fingerprint density at radius 2 is 2.36 bits per heavy atom. The summed E-state index contributed by atoms with van der Waals surface area (Å²) in [5, 5.41) is 2.94. The van der Waals surface area contributed by atoms with Gasteiger partial charge in [-0.05, 0) is 25.0 Å². The number of nitrogens with zero attached hydrogens (tertiary/aromatic N) is 4. The van der Waals surface area contributed by atoms with Gasteiger partial charge in [-0.3, -0.25) is 14.2 Å². The molecule has 1 N–H and O–H groups in total. The first-order valence-corrected chi connectivity index (χ1v) is 9.22. The molecule has 2 fully saturated rings. The van der Waals surface area contributed by atoms with Gasteiger partial charge in [0, 0.05) is 37.3 Å². The van der Waals surface area contributed by atoms with Crippen LogP contribution >= 0.6 is 11.8 Å². The fourth-order valence-corrected chi connectivity index (χ4v) is 4.82. The molecule has 0 radical (unpaired) electrons. The van der Waals surface area contributed by atoms with E-state index < -0.39 is 0 Å². The number of thioether (sulfide) groups is 1. The van der Waals surface area contributed by atoms with Crippen molar-refractivity contribution in [1.29, 1.82) is 0 Å². The van der Waals surface area contributed by atoms with E-state index in [1.54, 1.807) is 35.4 Å². The minimum atomic E-state index is -0.372. The monoisotopic (exact) mass is 357 g/mol. The SMILES string of the molecule is C[C@]12CCC(=O)N1[C@H](C(=O)NCc1ccc(-n3ccnc3)nc1)CS2. The molecule has 130 valence electrons. The topological polar surface area (TPSA) is 80.1 Å². The third-order valence-electron chi connectivity index (χ3n) is 4.79.